The molecule has 14 rings (SSSR count). The summed E-state index contributed by atoms with van der Waals surface area (Å²) in [6.45, 7) is 0. The van der Waals surface area contributed by atoms with Crippen LogP contribution in [0.5, 0.6) is 0 Å². The van der Waals surface area contributed by atoms with Gasteiger partial charge in [0.1, 0.15) is 5.69 Å². The summed E-state index contributed by atoms with van der Waals surface area (Å²) in [4.78, 5) is 15.7. The fourth-order valence-corrected chi connectivity index (χ4v) is 11.1. The van der Waals surface area contributed by atoms with Gasteiger partial charge in [0, 0.05) is 38.8 Å². The maximum atomic E-state index is 5.43. The molecule has 0 atom stereocenters. The molecule has 12 aromatic rings. The van der Waals surface area contributed by atoms with Crippen molar-refractivity contribution in [1.29, 1.82) is 0 Å². The molecule has 2 aliphatic carbocycles. The molecule has 0 saturated heterocycles. The summed E-state index contributed by atoms with van der Waals surface area (Å²) in [5.41, 5.74) is 19.8. The fourth-order valence-electron chi connectivity index (χ4n) is 11.1. The normalized spacial score (nSPS) is 12.8. The number of rotatable bonds is 6. The third-order valence-electron chi connectivity index (χ3n) is 14.1. The van der Waals surface area contributed by atoms with Crippen LogP contribution < -0.4 is 0 Å². The molecule has 5 heteroatoms. The molecule has 0 bridgehead atoms. The average Bonchev–Trinajstić information content (AvgIpc) is 4.07. The first-order valence-corrected chi connectivity index (χ1v) is 23.1. The van der Waals surface area contributed by atoms with Gasteiger partial charge in [-0.05, 0) is 67.6 Å². The van der Waals surface area contributed by atoms with Crippen LogP contribution in [-0.4, -0.2) is 24.6 Å². The molecule has 1 spiro atoms. The zero-order valence-corrected chi connectivity index (χ0v) is 36.8. The SMILES string of the molecule is c1ccc(-c2nc(-c3ccc(-c4cc5ccccc5c5c(-c6ccccc6)c(-c6ccccc6)nn45)cc3)nc(-c3ccc4c(c3)C3(c5ccccc5-c5ccccc53)c3ccccc3-4)n2)cc1. The summed E-state index contributed by atoms with van der Waals surface area (Å²) >= 11 is 0. The fraction of sp³-hybridized carbons (Fsp3) is 0.0159. The largest absolute Gasteiger partial charge is 0.231 e. The number of fused-ring (bicyclic) bond motifs is 13. The van der Waals surface area contributed by atoms with Crippen molar-refractivity contribution in [3.63, 3.8) is 0 Å². The molecular formula is C63H39N5. The molecule has 0 N–H and O–H groups in total. The van der Waals surface area contributed by atoms with Crippen LogP contribution in [0.1, 0.15) is 22.3 Å². The van der Waals surface area contributed by atoms with E-state index in [9.17, 15) is 0 Å². The van der Waals surface area contributed by atoms with Crippen molar-refractivity contribution >= 4 is 16.3 Å². The van der Waals surface area contributed by atoms with E-state index >= 15 is 0 Å². The second-order valence-electron chi connectivity index (χ2n) is 17.7. The molecule has 3 heterocycles. The summed E-state index contributed by atoms with van der Waals surface area (Å²) < 4.78 is 2.14. The molecule has 2 aliphatic rings. The zero-order valence-electron chi connectivity index (χ0n) is 36.8. The molecule has 3 aromatic heterocycles. The lowest BCUT2D eigenvalue weighted by atomic mass is 9.70. The molecular weight excluding hydrogens is 827 g/mol. The van der Waals surface area contributed by atoms with E-state index in [0.29, 0.717) is 17.5 Å². The highest BCUT2D eigenvalue weighted by atomic mass is 15.2. The second-order valence-corrected chi connectivity index (χ2v) is 17.7. The molecule has 316 valence electrons. The number of benzene rings is 9. The first-order valence-electron chi connectivity index (χ1n) is 23.1. The highest BCUT2D eigenvalue weighted by molar-refractivity contribution is 6.08. The smallest absolute Gasteiger partial charge is 0.164 e. The predicted molar refractivity (Wildman–Crippen MR) is 275 cm³/mol. The number of pyridine rings is 1. The van der Waals surface area contributed by atoms with Crippen LogP contribution in [0.15, 0.2) is 237 Å². The highest BCUT2D eigenvalue weighted by Crippen LogP contribution is 2.63. The van der Waals surface area contributed by atoms with Gasteiger partial charge in [-0.1, -0.05) is 224 Å². The second kappa shape index (κ2) is 15.0. The molecule has 0 radical (unpaired) electrons. The predicted octanol–water partition coefficient (Wildman–Crippen LogP) is 15.0. The standard InChI is InChI=1S/C63H39N5/c1-4-18-41(19-5-1)57-58(42-20-6-2-7-21-42)67-68-56(39-45-24-10-11-25-47(45)59(57)68)40-32-34-44(35-33-40)61-64-60(43-22-8-3-9-23-43)65-62(66-61)46-36-37-51-50-28-14-17-31-54(50)63(55(51)38-46)52-29-15-12-26-48(52)49-27-13-16-30-53(49)63/h1-39H. The Morgan fingerprint density at radius 1 is 0.324 bits per heavy atom. The van der Waals surface area contributed by atoms with E-state index in [0.717, 1.165) is 66.6 Å². The minimum atomic E-state index is -0.477. The Morgan fingerprint density at radius 2 is 0.765 bits per heavy atom. The van der Waals surface area contributed by atoms with Crippen molar-refractivity contribution in [1.82, 2.24) is 24.6 Å². The lowest BCUT2D eigenvalue weighted by molar-refractivity contribution is 0.794. The summed E-state index contributed by atoms with van der Waals surface area (Å²) in [7, 11) is 0. The third-order valence-corrected chi connectivity index (χ3v) is 14.1. The van der Waals surface area contributed by atoms with Gasteiger partial charge in [0.2, 0.25) is 0 Å². The number of hydrogen-bond donors (Lipinski definition) is 0. The number of aromatic nitrogens is 5. The van der Waals surface area contributed by atoms with Crippen LogP contribution in [-0.2, 0) is 5.41 Å². The van der Waals surface area contributed by atoms with E-state index in [1.165, 1.54) is 44.5 Å². The molecule has 0 unspecified atom stereocenters. The molecule has 0 saturated carbocycles. The average molecular weight is 866 g/mol. The van der Waals surface area contributed by atoms with Gasteiger partial charge in [0.05, 0.1) is 16.6 Å². The third kappa shape index (κ3) is 5.63. The molecule has 68 heavy (non-hydrogen) atoms. The zero-order chi connectivity index (χ0) is 44.8. The lowest BCUT2D eigenvalue weighted by Gasteiger charge is -2.30. The Morgan fingerprint density at radius 3 is 1.37 bits per heavy atom. The molecule has 0 aliphatic heterocycles. The van der Waals surface area contributed by atoms with Crippen LogP contribution in [0, 0.1) is 0 Å². The van der Waals surface area contributed by atoms with Crippen molar-refractivity contribution in [3.05, 3.63) is 259 Å². The quantitative estimate of drug-likeness (QED) is 0.167. The van der Waals surface area contributed by atoms with Crippen molar-refractivity contribution in [2.45, 2.75) is 5.41 Å². The minimum Gasteiger partial charge on any atom is -0.231 e. The van der Waals surface area contributed by atoms with Crippen molar-refractivity contribution in [2.24, 2.45) is 0 Å². The van der Waals surface area contributed by atoms with Gasteiger partial charge in [-0.15, -0.1) is 0 Å². The molecule has 0 fully saturated rings. The Hall–Kier alpha value is -9.06. The van der Waals surface area contributed by atoms with E-state index in [1.54, 1.807) is 0 Å². The van der Waals surface area contributed by atoms with Crippen molar-refractivity contribution < 1.29 is 0 Å². The first-order chi connectivity index (χ1) is 33.7. The molecule has 5 nitrogen and oxygen atoms in total. The van der Waals surface area contributed by atoms with Crippen LogP contribution in [0.3, 0.4) is 0 Å². The van der Waals surface area contributed by atoms with Crippen molar-refractivity contribution in [3.8, 4) is 90.1 Å². The van der Waals surface area contributed by atoms with E-state index in [-0.39, 0.29) is 0 Å². The topological polar surface area (TPSA) is 56.0 Å². The van der Waals surface area contributed by atoms with Crippen LogP contribution in [0.4, 0.5) is 0 Å². The van der Waals surface area contributed by atoms with E-state index < -0.39 is 5.41 Å². The van der Waals surface area contributed by atoms with Gasteiger partial charge in [0.25, 0.3) is 0 Å². The van der Waals surface area contributed by atoms with Crippen LogP contribution >= 0.6 is 0 Å². The van der Waals surface area contributed by atoms with Gasteiger partial charge >= 0.3 is 0 Å². The van der Waals surface area contributed by atoms with Gasteiger partial charge in [-0.25, -0.2) is 19.5 Å². The summed E-state index contributed by atoms with van der Waals surface area (Å²) in [5, 5.41) is 7.73. The monoisotopic (exact) mass is 865 g/mol. The first kappa shape index (κ1) is 38.2. The lowest BCUT2D eigenvalue weighted by Crippen LogP contribution is -2.25. The summed E-state index contributed by atoms with van der Waals surface area (Å²) in [6, 6.07) is 84.3. The Bertz CT molecular complexity index is 3890. The van der Waals surface area contributed by atoms with E-state index in [2.05, 4.69) is 223 Å². The van der Waals surface area contributed by atoms with E-state index in [4.69, 9.17) is 20.1 Å². The van der Waals surface area contributed by atoms with Gasteiger partial charge in [-0.2, -0.15) is 5.10 Å². The highest BCUT2D eigenvalue weighted by Gasteiger charge is 2.51. The molecule has 9 aromatic carbocycles. The van der Waals surface area contributed by atoms with Gasteiger partial charge in [-0.3, -0.25) is 0 Å². The van der Waals surface area contributed by atoms with Gasteiger partial charge < -0.3 is 0 Å². The maximum Gasteiger partial charge on any atom is 0.164 e. The van der Waals surface area contributed by atoms with Crippen LogP contribution in [0.25, 0.3) is 106 Å². The Kier molecular flexibility index (Phi) is 8.43. The van der Waals surface area contributed by atoms with E-state index in [1.807, 2.05) is 18.2 Å². The Labute approximate surface area is 393 Å². The van der Waals surface area contributed by atoms with Crippen LogP contribution in [0.2, 0.25) is 0 Å². The maximum absolute atomic E-state index is 5.43. The van der Waals surface area contributed by atoms with Crippen molar-refractivity contribution in [2.75, 3.05) is 0 Å². The van der Waals surface area contributed by atoms with Gasteiger partial charge in [0.15, 0.2) is 17.5 Å². The Balaban J connectivity index is 0.934. The number of hydrogen-bond acceptors (Lipinski definition) is 4. The summed E-state index contributed by atoms with van der Waals surface area (Å²) in [5.74, 6) is 1.86. The minimum absolute atomic E-state index is 0.477. The summed E-state index contributed by atoms with van der Waals surface area (Å²) in [6.07, 6.45) is 0. The number of nitrogens with zero attached hydrogens (tertiary/aromatic N) is 5. The molecule has 0 amide bonds.